The predicted molar refractivity (Wildman–Crippen MR) is 60.6 cm³/mol. The summed E-state index contributed by atoms with van der Waals surface area (Å²) in [5.74, 6) is 0.575. The Morgan fingerprint density at radius 3 is 2.81 bits per heavy atom. The summed E-state index contributed by atoms with van der Waals surface area (Å²) in [6.45, 7) is 0.747. The summed E-state index contributed by atoms with van der Waals surface area (Å²) in [5.41, 5.74) is 11.1. The molecule has 1 atom stereocenters. The summed E-state index contributed by atoms with van der Waals surface area (Å²) in [6.07, 6.45) is 5.87. The number of aromatic nitrogens is 2. The highest BCUT2D eigenvalue weighted by molar-refractivity contribution is 5.84. The molecule has 16 heavy (non-hydrogen) atoms. The van der Waals surface area contributed by atoms with E-state index in [2.05, 4.69) is 9.97 Å². The first-order chi connectivity index (χ1) is 7.70. The first kappa shape index (κ1) is 10.7. The number of primary amides is 1. The van der Waals surface area contributed by atoms with E-state index in [4.69, 9.17) is 11.5 Å². The maximum Gasteiger partial charge on any atom is 0.240 e. The summed E-state index contributed by atoms with van der Waals surface area (Å²) in [5, 5.41) is 0. The number of anilines is 2. The number of rotatable bonds is 2. The van der Waals surface area contributed by atoms with Gasteiger partial charge in [-0.05, 0) is 19.3 Å². The van der Waals surface area contributed by atoms with Crippen LogP contribution in [0, 0.1) is 0 Å². The molecule has 0 aromatic carbocycles. The molecule has 6 nitrogen and oxygen atoms in total. The number of nitrogens with zero attached hydrogens (tertiary/aromatic N) is 3. The molecule has 0 saturated carbocycles. The molecule has 1 fully saturated rings. The topological polar surface area (TPSA) is 98.1 Å². The van der Waals surface area contributed by atoms with E-state index < -0.39 is 0 Å². The Morgan fingerprint density at radius 2 is 2.12 bits per heavy atom. The van der Waals surface area contributed by atoms with Crippen molar-refractivity contribution in [1.29, 1.82) is 0 Å². The van der Waals surface area contributed by atoms with Gasteiger partial charge >= 0.3 is 0 Å². The van der Waals surface area contributed by atoms with Crippen molar-refractivity contribution < 1.29 is 4.79 Å². The highest BCUT2D eigenvalue weighted by Gasteiger charge is 2.29. The number of nitrogen functional groups attached to an aromatic ring is 1. The van der Waals surface area contributed by atoms with Crippen LogP contribution in [0.25, 0.3) is 0 Å². The number of hydrogen-bond donors (Lipinski definition) is 2. The lowest BCUT2D eigenvalue weighted by molar-refractivity contribution is -0.119. The van der Waals surface area contributed by atoms with Crippen LogP contribution in [0.1, 0.15) is 19.3 Å². The Bertz CT molecular complexity index is 395. The predicted octanol–water partition coefficient (Wildman–Crippen LogP) is -0.0970. The van der Waals surface area contributed by atoms with Crippen LogP contribution in [0.15, 0.2) is 12.4 Å². The molecule has 1 aromatic heterocycles. The fourth-order valence-electron chi connectivity index (χ4n) is 2.04. The Labute approximate surface area is 93.7 Å². The smallest absolute Gasteiger partial charge is 0.240 e. The molecular formula is C10H15N5O. The van der Waals surface area contributed by atoms with Crippen LogP contribution in [0.3, 0.4) is 0 Å². The second-order valence-electron chi connectivity index (χ2n) is 3.87. The summed E-state index contributed by atoms with van der Waals surface area (Å²) >= 11 is 0. The molecule has 86 valence electrons. The van der Waals surface area contributed by atoms with Crippen molar-refractivity contribution in [2.24, 2.45) is 5.73 Å². The van der Waals surface area contributed by atoms with Gasteiger partial charge in [0.05, 0.1) is 0 Å². The molecule has 1 aliphatic rings. The second kappa shape index (κ2) is 4.34. The molecule has 1 aliphatic heterocycles. The largest absolute Gasteiger partial charge is 0.381 e. The zero-order valence-electron chi connectivity index (χ0n) is 8.97. The summed E-state index contributed by atoms with van der Waals surface area (Å²) in [7, 11) is 0. The second-order valence-corrected chi connectivity index (χ2v) is 3.87. The van der Waals surface area contributed by atoms with Gasteiger partial charge in [-0.3, -0.25) is 4.79 Å². The van der Waals surface area contributed by atoms with Gasteiger partial charge in [0.1, 0.15) is 6.04 Å². The Hall–Kier alpha value is -1.85. The fourth-order valence-corrected chi connectivity index (χ4v) is 2.04. The first-order valence-electron chi connectivity index (χ1n) is 5.32. The third-order valence-electron chi connectivity index (χ3n) is 2.81. The summed E-state index contributed by atoms with van der Waals surface area (Å²) in [6, 6.07) is -0.312. The lowest BCUT2D eigenvalue weighted by atomic mass is 10.0. The molecular weight excluding hydrogens is 206 g/mol. The number of carbonyl (C=O) groups is 1. The van der Waals surface area contributed by atoms with Gasteiger partial charge in [0.25, 0.3) is 0 Å². The zero-order valence-corrected chi connectivity index (χ0v) is 8.97. The minimum atomic E-state index is -0.329. The highest BCUT2D eigenvalue weighted by Crippen LogP contribution is 2.25. The standard InChI is InChI=1S/C10H15N5O/c11-8-10(14-5-4-13-8)15-6-2-1-3-7(15)9(12)16/h4-5,7H,1-3,6H2,(H2,11,13)(H2,12,16). The van der Waals surface area contributed by atoms with Gasteiger partial charge in [-0.2, -0.15) is 0 Å². The average molecular weight is 221 g/mol. The van der Waals surface area contributed by atoms with Gasteiger partial charge in [0.15, 0.2) is 11.6 Å². The van der Waals surface area contributed by atoms with E-state index >= 15 is 0 Å². The molecule has 2 heterocycles. The van der Waals surface area contributed by atoms with Crippen molar-refractivity contribution in [3.63, 3.8) is 0 Å². The lowest BCUT2D eigenvalue weighted by Crippen LogP contribution is -2.48. The molecule has 2 rings (SSSR count). The van der Waals surface area contributed by atoms with Crippen LogP contribution in [-0.2, 0) is 4.79 Å². The lowest BCUT2D eigenvalue weighted by Gasteiger charge is -2.34. The van der Waals surface area contributed by atoms with Gasteiger partial charge in [-0.15, -0.1) is 0 Å². The monoisotopic (exact) mass is 221 g/mol. The summed E-state index contributed by atoms with van der Waals surface area (Å²) in [4.78, 5) is 21.3. The van der Waals surface area contributed by atoms with Crippen molar-refractivity contribution in [2.45, 2.75) is 25.3 Å². The number of hydrogen-bond acceptors (Lipinski definition) is 5. The molecule has 1 saturated heterocycles. The van der Waals surface area contributed by atoms with Crippen LogP contribution in [0.5, 0.6) is 0 Å². The van der Waals surface area contributed by atoms with E-state index in [1.54, 1.807) is 6.20 Å². The average Bonchev–Trinajstić information content (AvgIpc) is 2.29. The molecule has 0 bridgehead atoms. The Kier molecular flexibility index (Phi) is 2.89. The van der Waals surface area contributed by atoms with E-state index in [0.717, 1.165) is 25.8 Å². The quantitative estimate of drug-likeness (QED) is 0.726. The van der Waals surface area contributed by atoms with Crippen LogP contribution < -0.4 is 16.4 Å². The van der Waals surface area contributed by atoms with Crippen LogP contribution >= 0.6 is 0 Å². The van der Waals surface area contributed by atoms with Gasteiger partial charge in [-0.1, -0.05) is 0 Å². The summed E-state index contributed by atoms with van der Waals surface area (Å²) < 4.78 is 0. The zero-order chi connectivity index (χ0) is 11.5. The van der Waals surface area contributed by atoms with Crippen molar-refractivity contribution >= 4 is 17.5 Å². The molecule has 0 radical (unpaired) electrons. The maximum atomic E-state index is 11.3. The SMILES string of the molecule is NC(=O)C1CCCCN1c1nccnc1N. The molecule has 1 amide bonds. The van der Waals surface area contributed by atoms with Crippen LogP contribution in [-0.4, -0.2) is 28.5 Å². The molecule has 1 unspecified atom stereocenters. The van der Waals surface area contributed by atoms with Crippen molar-refractivity contribution in [2.75, 3.05) is 17.2 Å². The first-order valence-corrected chi connectivity index (χ1v) is 5.32. The fraction of sp³-hybridized carbons (Fsp3) is 0.500. The van der Waals surface area contributed by atoms with Gasteiger partial charge < -0.3 is 16.4 Å². The van der Waals surface area contributed by atoms with Gasteiger partial charge in [0, 0.05) is 18.9 Å². The van der Waals surface area contributed by atoms with Gasteiger partial charge in [-0.25, -0.2) is 9.97 Å². The van der Waals surface area contributed by atoms with Gasteiger partial charge in [0.2, 0.25) is 5.91 Å². The van der Waals surface area contributed by atoms with Crippen LogP contribution in [0.2, 0.25) is 0 Å². The minimum Gasteiger partial charge on any atom is -0.381 e. The molecule has 1 aromatic rings. The number of amides is 1. The molecule has 4 N–H and O–H groups in total. The van der Waals surface area contributed by atoms with E-state index in [1.807, 2.05) is 4.90 Å². The maximum absolute atomic E-state index is 11.3. The number of carbonyl (C=O) groups excluding carboxylic acids is 1. The number of piperidine rings is 1. The number of nitrogens with two attached hydrogens (primary N) is 2. The van der Waals surface area contributed by atoms with E-state index in [1.165, 1.54) is 6.20 Å². The van der Waals surface area contributed by atoms with Crippen molar-refractivity contribution in [3.8, 4) is 0 Å². The molecule has 6 heteroatoms. The third-order valence-corrected chi connectivity index (χ3v) is 2.81. The van der Waals surface area contributed by atoms with E-state index in [-0.39, 0.29) is 11.9 Å². The van der Waals surface area contributed by atoms with Crippen molar-refractivity contribution in [3.05, 3.63) is 12.4 Å². The highest BCUT2D eigenvalue weighted by atomic mass is 16.1. The van der Waals surface area contributed by atoms with Crippen molar-refractivity contribution in [1.82, 2.24) is 9.97 Å². The molecule has 0 spiro atoms. The van der Waals surface area contributed by atoms with E-state index in [0.29, 0.717) is 11.6 Å². The Balaban J connectivity index is 2.30. The Morgan fingerprint density at radius 1 is 1.38 bits per heavy atom. The van der Waals surface area contributed by atoms with E-state index in [9.17, 15) is 4.79 Å². The molecule has 0 aliphatic carbocycles. The third kappa shape index (κ3) is 1.91. The minimum absolute atomic E-state index is 0.312. The normalized spacial score (nSPS) is 20.8. The van der Waals surface area contributed by atoms with Crippen LogP contribution in [0.4, 0.5) is 11.6 Å².